The van der Waals surface area contributed by atoms with E-state index in [1.807, 2.05) is 20.8 Å². The number of amides is 1. The molecule has 2 rings (SSSR count). The van der Waals surface area contributed by atoms with Crippen LogP contribution in [-0.2, 0) is 4.74 Å². The quantitative estimate of drug-likeness (QED) is 0.614. The minimum Gasteiger partial charge on any atom is -0.444 e. The molecule has 22 heavy (non-hydrogen) atoms. The van der Waals surface area contributed by atoms with Gasteiger partial charge in [-0.3, -0.25) is 14.8 Å². The Morgan fingerprint density at radius 1 is 1.45 bits per heavy atom. The van der Waals surface area contributed by atoms with Crippen LogP contribution in [0.15, 0.2) is 6.20 Å². The van der Waals surface area contributed by atoms with Crippen LogP contribution in [0.2, 0.25) is 5.15 Å². The van der Waals surface area contributed by atoms with Crippen molar-refractivity contribution < 1.29 is 14.5 Å². The van der Waals surface area contributed by atoms with Gasteiger partial charge in [-0.05, 0) is 33.6 Å². The normalized spacial score (nSPS) is 16.6. The van der Waals surface area contributed by atoms with Gasteiger partial charge in [0.25, 0.3) is 0 Å². The van der Waals surface area contributed by atoms with Gasteiger partial charge < -0.3 is 9.64 Å². The average molecular weight is 331 g/mol. The Bertz CT molecular complexity index is 573. The second-order valence-electron chi connectivity index (χ2n) is 6.24. The largest absolute Gasteiger partial charge is 0.444 e. The van der Waals surface area contributed by atoms with Crippen molar-refractivity contribution in [3.63, 3.8) is 0 Å². The molecule has 0 N–H and O–H groups in total. The van der Waals surface area contributed by atoms with Crippen molar-refractivity contribution in [1.82, 2.24) is 14.7 Å². The third-order valence-corrected chi connectivity index (χ3v) is 3.63. The van der Waals surface area contributed by atoms with Crippen LogP contribution in [0.5, 0.6) is 0 Å². The van der Waals surface area contributed by atoms with Crippen LogP contribution in [0.25, 0.3) is 0 Å². The molecule has 9 heteroatoms. The number of aromatic nitrogens is 2. The molecule has 122 valence electrons. The van der Waals surface area contributed by atoms with Gasteiger partial charge in [0.15, 0.2) is 0 Å². The second-order valence-corrected chi connectivity index (χ2v) is 6.60. The molecule has 0 atom stereocenters. The smallest absolute Gasteiger partial charge is 0.410 e. The zero-order valence-electron chi connectivity index (χ0n) is 12.8. The number of carbonyl (C=O) groups excluding carboxylic acids is 1. The number of ether oxygens (including phenoxy) is 1. The first-order valence-electron chi connectivity index (χ1n) is 7.04. The van der Waals surface area contributed by atoms with Gasteiger partial charge >= 0.3 is 11.8 Å². The fraction of sp³-hybridized carbons (Fsp3) is 0.692. The predicted molar refractivity (Wildman–Crippen MR) is 80.0 cm³/mol. The van der Waals surface area contributed by atoms with Crippen molar-refractivity contribution in [3.05, 3.63) is 21.5 Å². The maximum absolute atomic E-state index is 12.0. The maximum atomic E-state index is 12.0. The van der Waals surface area contributed by atoms with Gasteiger partial charge in [-0.1, -0.05) is 11.6 Å². The summed E-state index contributed by atoms with van der Waals surface area (Å²) in [4.78, 5) is 23.9. The molecule has 1 amide bonds. The fourth-order valence-electron chi connectivity index (χ4n) is 2.31. The van der Waals surface area contributed by atoms with E-state index in [2.05, 4.69) is 5.10 Å². The first kappa shape index (κ1) is 16.5. The van der Waals surface area contributed by atoms with E-state index < -0.39 is 10.5 Å². The van der Waals surface area contributed by atoms with Crippen molar-refractivity contribution in [1.29, 1.82) is 0 Å². The summed E-state index contributed by atoms with van der Waals surface area (Å²) in [5, 5.41) is 14.7. The monoisotopic (exact) mass is 330 g/mol. The number of nitro groups is 1. The van der Waals surface area contributed by atoms with Gasteiger partial charge in [0, 0.05) is 13.1 Å². The molecule has 0 radical (unpaired) electrons. The SMILES string of the molecule is CC(C)(C)OC(=O)N1CCC(n2cc([N+](=O)[O-])c(Cl)n2)CC1. The highest BCUT2D eigenvalue weighted by Gasteiger charge is 2.29. The summed E-state index contributed by atoms with van der Waals surface area (Å²) in [6.07, 6.45) is 2.30. The lowest BCUT2D eigenvalue weighted by molar-refractivity contribution is -0.384. The number of hydrogen-bond acceptors (Lipinski definition) is 5. The molecule has 0 saturated carbocycles. The second kappa shape index (κ2) is 6.12. The zero-order valence-corrected chi connectivity index (χ0v) is 13.5. The Morgan fingerprint density at radius 2 is 2.05 bits per heavy atom. The lowest BCUT2D eigenvalue weighted by Crippen LogP contribution is -2.42. The summed E-state index contributed by atoms with van der Waals surface area (Å²) < 4.78 is 6.85. The summed E-state index contributed by atoms with van der Waals surface area (Å²) in [6.45, 7) is 6.50. The Morgan fingerprint density at radius 3 is 2.50 bits per heavy atom. The van der Waals surface area contributed by atoms with Crippen LogP contribution in [-0.4, -0.2) is 44.4 Å². The first-order chi connectivity index (χ1) is 10.2. The van der Waals surface area contributed by atoms with Crippen LogP contribution < -0.4 is 0 Å². The van der Waals surface area contributed by atoms with Crippen LogP contribution >= 0.6 is 11.6 Å². The van der Waals surface area contributed by atoms with Crippen molar-refractivity contribution in [2.75, 3.05) is 13.1 Å². The van der Waals surface area contributed by atoms with Gasteiger partial charge in [0.05, 0.1) is 11.0 Å². The molecule has 0 aromatic carbocycles. The molecule has 1 saturated heterocycles. The van der Waals surface area contributed by atoms with Crippen LogP contribution in [0, 0.1) is 10.1 Å². The van der Waals surface area contributed by atoms with Gasteiger partial charge in [-0.15, -0.1) is 0 Å². The lowest BCUT2D eigenvalue weighted by atomic mass is 10.1. The molecular formula is C13H19ClN4O4. The predicted octanol–water partition coefficient (Wildman–Crippen LogP) is 3.02. The summed E-state index contributed by atoms with van der Waals surface area (Å²) >= 11 is 5.75. The Kier molecular flexibility index (Phi) is 4.60. The molecule has 1 fully saturated rings. The summed E-state index contributed by atoms with van der Waals surface area (Å²) in [5.74, 6) is 0. The van der Waals surface area contributed by atoms with E-state index in [1.165, 1.54) is 10.9 Å². The summed E-state index contributed by atoms with van der Waals surface area (Å²) in [7, 11) is 0. The van der Waals surface area contributed by atoms with Gasteiger partial charge in [0.2, 0.25) is 5.15 Å². The summed E-state index contributed by atoms with van der Waals surface area (Å²) in [6, 6.07) is -0.00936. The minimum absolute atomic E-state index is 0.00936. The minimum atomic E-state index is -0.554. The third-order valence-electron chi connectivity index (χ3n) is 3.36. The van der Waals surface area contributed by atoms with E-state index in [1.54, 1.807) is 4.90 Å². The number of piperidine rings is 1. The molecule has 1 aliphatic heterocycles. The number of likely N-dealkylation sites (tertiary alicyclic amines) is 1. The van der Waals surface area contributed by atoms with Crippen molar-refractivity contribution >= 4 is 23.4 Å². The first-order valence-corrected chi connectivity index (χ1v) is 7.42. The Hall–Kier alpha value is -1.83. The molecule has 8 nitrogen and oxygen atoms in total. The van der Waals surface area contributed by atoms with E-state index in [0.29, 0.717) is 25.9 Å². The fourth-order valence-corrected chi connectivity index (χ4v) is 2.51. The van der Waals surface area contributed by atoms with Gasteiger partial charge in [0.1, 0.15) is 11.8 Å². The van der Waals surface area contributed by atoms with Gasteiger partial charge in [-0.2, -0.15) is 5.10 Å². The maximum Gasteiger partial charge on any atom is 0.410 e. The van der Waals surface area contributed by atoms with Crippen molar-refractivity contribution in [2.45, 2.75) is 45.3 Å². The lowest BCUT2D eigenvalue weighted by Gasteiger charge is -2.33. The Balaban J connectivity index is 1.96. The molecule has 0 aliphatic carbocycles. The zero-order chi connectivity index (χ0) is 16.5. The Labute approximate surface area is 133 Å². The summed E-state index contributed by atoms with van der Waals surface area (Å²) in [5.41, 5.74) is -0.722. The number of hydrogen-bond donors (Lipinski definition) is 0. The van der Waals surface area contributed by atoms with Crippen molar-refractivity contribution in [3.8, 4) is 0 Å². The number of rotatable bonds is 2. The average Bonchev–Trinajstić information content (AvgIpc) is 2.79. The highest BCUT2D eigenvalue weighted by molar-refractivity contribution is 6.31. The molecule has 1 aromatic rings. The number of nitrogens with zero attached hydrogens (tertiary/aromatic N) is 4. The molecule has 0 bridgehead atoms. The molecule has 1 aromatic heterocycles. The number of halogens is 1. The molecule has 2 heterocycles. The number of carbonyl (C=O) groups is 1. The molecule has 1 aliphatic rings. The standard InChI is InChI=1S/C13H19ClN4O4/c1-13(2,3)22-12(19)16-6-4-9(5-7-16)17-8-10(18(20)21)11(14)15-17/h8-9H,4-7H2,1-3H3. The van der Waals surface area contributed by atoms with Crippen LogP contribution in [0.1, 0.15) is 39.7 Å². The van der Waals surface area contributed by atoms with Crippen LogP contribution in [0.4, 0.5) is 10.5 Å². The molecular weight excluding hydrogens is 312 g/mol. The molecule has 0 spiro atoms. The highest BCUT2D eigenvalue weighted by Crippen LogP contribution is 2.28. The third kappa shape index (κ3) is 3.88. The van der Waals surface area contributed by atoms with Crippen molar-refractivity contribution in [2.24, 2.45) is 0 Å². The van der Waals surface area contributed by atoms with E-state index >= 15 is 0 Å². The van der Waals surface area contributed by atoms with Crippen LogP contribution in [0.3, 0.4) is 0 Å². The molecule has 0 unspecified atom stereocenters. The highest BCUT2D eigenvalue weighted by atomic mass is 35.5. The van der Waals surface area contributed by atoms with E-state index in [9.17, 15) is 14.9 Å². The van der Waals surface area contributed by atoms with Gasteiger partial charge in [-0.25, -0.2) is 4.79 Å². The van der Waals surface area contributed by atoms with E-state index in [0.717, 1.165) is 0 Å². The van der Waals surface area contributed by atoms with E-state index in [-0.39, 0.29) is 23.0 Å². The van der Waals surface area contributed by atoms with E-state index in [4.69, 9.17) is 16.3 Å². The topological polar surface area (TPSA) is 90.5 Å².